The summed E-state index contributed by atoms with van der Waals surface area (Å²) in [6, 6.07) is 0. The Kier molecular flexibility index (Phi) is 5.36. The van der Waals surface area contributed by atoms with E-state index in [0.717, 1.165) is 5.70 Å². The molecule has 2 unspecified atom stereocenters. The minimum atomic E-state index is -1.14. The molecule has 0 aromatic heterocycles. The van der Waals surface area contributed by atoms with Gasteiger partial charge in [0.25, 0.3) is 5.37 Å². The van der Waals surface area contributed by atoms with Crippen molar-refractivity contribution in [3.63, 3.8) is 0 Å². The van der Waals surface area contributed by atoms with E-state index in [0.29, 0.717) is 17.6 Å². The zero-order chi connectivity index (χ0) is 14.4. The highest BCUT2D eigenvalue weighted by Crippen LogP contribution is 2.46. The Bertz CT molecular complexity index is 470. The summed E-state index contributed by atoms with van der Waals surface area (Å²) in [6.45, 7) is 3.16. The number of halogens is 2. The molecule has 1 saturated heterocycles. The van der Waals surface area contributed by atoms with Crippen molar-refractivity contribution in [2.75, 3.05) is 11.2 Å². The van der Waals surface area contributed by atoms with E-state index in [4.69, 9.17) is 0 Å². The van der Waals surface area contributed by atoms with Crippen LogP contribution in [-0.2, 0) is 20.8 Å². The molecule has 2 aliphatic heterocycles. The number of carboxylic acid groups (broad SMARTS) is 1. The molecule has 0 spiro atoms. The van der Waals surface area contributed by atoms with Crippen molar-refractivity contribution in [1.82, 2.24) is 0 Å². The molecule has 0 aromatic rings. The van der Waals surface area contributed by atoms with Crippen LogP contribution in [0.5, 0.6) is 0 Å². The van der Waals surface area contributed by atoms with Gasteiger partial charge < -0.3 is 14.5 Å². The third kappa shape index (κ3) is 2.54. The largest absolute Gasteiger partial charge is 0.611 e. The van der Waals surface area contributed by atoms with Crippen LogP contribution >= 0.6 is 28.3 Å². The van der Waals surface area contributed by atoms with E-state index in [1.165, 1.54) is 0 Å². The zero-order valence-corrected chi connectivity index (χ0v) is 14.5. The number of carboxylic acids is 1. The Hall–Kier alpha value is -0.0800. The fraction of sp³-hybridized carbons (Fsp3) is 0.667. The molecule has 114 valence electrons. The fourth-order valence-corrected chi connectivity index (χ4v) is 5.35. The number of hydrogen-bond acceptors (Lipinski definition) is 4. The molecule has 0 bridgehead atoms. The van der Waals surface area contributed by atoms with E-state index in [2.05, 4.69) is 15.9 Å². The van der Waals surface area contributed by atoms with Crippen molar-refractivity contribution in [2.24, 2.45) is 5.41 Å². The van der Waals surface area contributed by atoms with Crippen molar-refractivity contribution < 1.29 is 23.7 Å². The second-order valence-corrected chi connectivity index (χ2v) is 7.77. The maximum Gasteiger partial charge on any atom is 0.334 e. The minimum absolute atomic E-state index is 0. The van der Waals surface area contributed by atoms with E-state index in [-0.39, 0.29) is 34.6 Å². The third-order valence-electron chi connectivity index (χ3n) is 3.95. The smallest absolute Gasteiger partial charge is 0.334 e. The summed E-state index contributed by atoms with van der Waals surface area (Å²) >= 11 is 2.26. The summed E-state index contributed by atoms with van der Waals surface area (Å²) < 4.78 is 12.0. The van der Waals surface area contributed by atoms with Gasteiger partial charge in [0.1, 0.15) is 16.9 Å². The van der Waals surface area contributed by atoms with Crippen molar-refractivity contribution in [1.29, 1.82) is 0 Å². The summed E-state index contributed by atoms with van der Waals surface area (Å²) in [5.41, 5.74) is 0.0438. The monoisotopic (exact) mass is 385 g/mol. The lowest BCUT2D eigenvalue weighted by molar-refractivity contribution is -0.844. The highest BCUT2D eigenvalue weighted by Gasteiger charge is 2.65. The molecular formula is C12H17BrClNO4S. The molecule has 0 aliphatic carbocycles. The van der Waals surface area contributed by atoms with E-state index in [9.17, 15) is 19.2 Å². The topological polar surface area (TPSA) is 80.3 Å². The first-order valence-corrected chi connectivity index (χ1v) is 8.51. The average Bonchev–Trinajstić information content (AvgIpc) is 2.31. The number of alkyl halides is 1. The Morgan fingerprint density at radius 2 is 2.20 bits per heavy atom. The summed E-state index contributed by atoms with van der Waals surface area (Å²) in [5, 5.41) is 10.9. The Morgan fingerprint density at radius 3 is 2.65 bits per heavy atom. The standard InChI is InChI=1S/C12H16BrNO4S.ClH/c1-12(2,11(16)17)6-8-3-4-19(18)10-5-9(15)14(8,10)7-13;/h3,10H,4-7H2,1-2H3;1H/t10-,14?,19?;/m0./s1. The number of carbonyl (C=O) groups is 2. The normalized spacial score (nSPS) is 32.6. The SMILES string of the molecule is CC(C)(CC1=CC[S+]([O-])[C@H]2CC(=O)[N+]12CBr)C(=O)[O-].Cl. The van der Waals surface area contributed by atoms with E-state index in [1.54, 1.807) is 19.9 Å². The van der Waals surface area contributed by atoms with E-state index >= 15 is 0 Å². The second-order valence-electron chi connectivity index (χ2n) is 5.63. The summed E-state index contributed by atoms with van der Waals surface area (Å²) in [5.74, 6) is -0.753. The molecule has 0 radical (unpaired) electrons. The lowest BCUT2D eigenvalue weighted by atomic mass is 9.86. The van der Waals surface area contributed by atoms with Gasteiger partial charge in [-0.05, 0) is 15.9 Å². The molecule has 1 amide bonds. The summed E-state index contributed by atoms with van der Waals surface area (Å²) in [6.07, 6.45) is 2.30. The maximum absolute atomic E-state index is 12.0. The molecule has 0 saturated carbocycles. The van der Waals surface area contributed by atoms with Gasteiger partial charge in [-0.15, -0.1) is 12.4 Å². The van der Waals surface area contributed by atoms with Crippen molar-refractivity contribution in [3.8, 4) is 0 Å². The molecule has 2 heterocycles. The minimum Gasteiger partial charge on any atom is -0.611 e. The summed E-state index contributed by atoms with van der Waals surface area (Å²) in [7, 11) is 0. The number of fused-ring (bicyclic) bond motifs is 1. The first-order valence-electron chi connectivity index (χ1n) is 6.01. The van der Waals surface area contributed by atoms with Crippen LogP contribution < -0.4 is 5.11 Å². The van der Waals surface area contributed by atoms with Crippen LogP contribution in [0, 0.1) is 5.41 Å². The van der Waals surface area contributed by atoms with Crippen LogP contribution in [0.1, 0.15) is 26.7 Å². The second kappa shape index (κ2) is 5.96. The van der Waals surface area contributed by atoms with Crippen molar-refractivity contribution >= 4 is 51.4 Å². The van der Waals surface area contributed by atoms with Crippen LogP contribution in [0.3, 0.4) is 0 Å². The van der Waals surface area contributed by atoms with Gasteiger partial charge in [0.05, 0.1) is 0 Å². The van der Waals surface area contributed by atoms with E-state index in [1.807, 2.05) is 0 Å². The van der Waals surface area contributed by atoms with Gasteiger partial charge in [-0.1, -0.05) is 13.8 Å². The number of aliphatic carboxylic acids is 1. The van der Waals surface area contributed by atoms with Gasteiger partial charge in [-0.25, -0.2) is 4.79 Å². The highest BCUT2D eigenvalue weighted by molar-refractivity contribution is 9.09. The van der Waals surface area contributed by atoms with Crippen molar-refractivity contribution in [3.05, 3.63) is 11.8 Å². The van der Waals surface area contributed by atoms with Gasteiger partial charge >= 0.3 is 5.91 Å². The number of carbonyl (C=O) groups excluding carboxylic acids is 2. The molecule has 20 heavy (non-hydrogen) atoms. The first-order chi connectivity index (χ1) is 8.75. The van der Waals surface area contributed by atoms with Gasteiger partial charge in [0, 0.05) is 35.1 Å². The van der Waals surface area contributed by atoms with Crippen LogP contribution in [0.4, 0.5) is 0 Å². The number of amides is 1. The molecule has 3 atom stereocenters. The molecule has 0 N–H and O–H groups in total. The van der Waals surface area contributed by atoms with Gasteiger partial charge in [-0.3, -0.25) is 0 Å². The predicted octanol–water partition coefficient (Wildman–Crippen LogP) is 0.646. The van der Waals surface area contributed by atoms with Gasteiger partial charge in [0.15, 0.2) is 6.42 Å². The predicted molar refractivity (Wildman–Crippen MR) is 79.2 cm³/mol. The fourth-order valence-electron chi connectivity index (χ4n) is 2.57. The van der Waals surface area contributed by atoms with E-state index < -0.39 is 22.6 Å². The molecular weight excluding hydrogens is 370 g/mol. The third-order valence-corrected chi connectivity index (χ3v) is 6.37. The molecule has 0 aromatic carbocycles. The van der Waals surface area contributed by atoms with Crippen LogP contribution in [0.15, 0.2) is 11.8 Å². The summed E-state index contributed by atoms with van der Waals surface area (Å²) in [4.78, 5) is 23.2. The molecule has 5 nitrogen and oxygen atoms in total. The lowest BCUT2D eigenvalue weighted by Gasteiger charge is -2.50. The van der Waals surface area contributed by atoms with Crippen molar-refractivity contribution in [2.45, 2.75) is 32.1 Å². The maximum atomic E-state index is 12.0. The van der Waals surface area contributed by atoms with Gasteiger partial charge in [0.2, 0.25) is 0 Å². The zero-order valence-electron chi connectivity index (χ0n) is 11.3. The number of quaternary nitrogens is 1. The molecule has 1 fully saturated rings. The first kappa shape index (κ1) is 18.0. The molecule has 8 heteroatoms. The van der Waals surface area contributed by atoms with Crippen LogP contribution in [0.2, 0.25) is 0 Å². The molecule has 2 aliphatic rings. The van der Waals surface area contributed by atoms with Gasteiger partial charge in [-0.2, -0.15) is 4.48 Å². The number of nitrogens with zero attached hydrogens (tertiary/aromatic N) is 1. The number of allylic oxidation sites excluding steroid dienone is 1. The average molecular weight is 387 g/mol. The molecule has 2 rings (SSSR count). The Morgan fingerprint density at radius 1 is 1.60 bits per heavy atom. The Labute approximate surface area is 135 Å². The highest BCUT2D eigenvalue weighted by atomic mass is 79.9. The lowest BCUT2D eigenvalue weighted by Crippen LogP contribution is -2.72. The van der Waals surface area contributed by atoms with Crippen LogP contribution in [-0.4, -0.2) is 37.5 Å². The number of rotatable bonds is 4. The number of β-lactam (4-membered cyclic amide) rings is 1. The Balaban J connectivity index is 0.00000200. The van der Waals surface area contributed by atoms with Crippen LogP contribution in [0.25, 0.3) is 0 Å². The number of hydrogen-bond donors (Lipinski definition) is 0. The quantitative estimate of drug-likeness (QED) is 0.233.